The molecule has 13 heavy (non-hydrogen) atoms. The van der Waals surface area contributed by atoms with Crippen LogP contribution in [-0.4, -0.2) is 0 Å². The number of fused-ring (bicyclic) bond motifs is 1. The summed E-state index contributed by atoms with van der Waals surface area (Å²) in [5, 5.41) is 12.0. The van der Waals surface area contributed by atoms with E-state index in [0.717, 1.165) is 15.6 Å². The fourth-order valence-electron chi connectivity index (χ4n) is 1.46. The number of aryl methyl sites for hydroxylation is 1. The zero-order valence-electron chi connectivity index (χ0n) is 7.16. The molecule has 0 radical (unpaired) electrons. The molecule has 0 saturated carbocycles. The van der Waals surface area contributed by atoms with E-state index < -0.39 is 0 Å². The summed E-state index contributed by atoms with van der Waals surface area (Å²) >= 11 is 1.65. The first-order chi connectivity index (χ1) is 6.24. The van der Waals surface area contributed by atoms with E-state index in [9.17, 15) is 0 Å². The molecular formula is C10H8N2S. The molecule has 0 aliphatic carbocycles. The number of nitrogens with two attached hydrogens (primary N) is 1. The summed E-state index contributed by atoms with van der Waals surface area (Å²) in [6.45, 7) is 1.93. The molecule has 0 amide bonds. The summed E-state index contributed by atoms with van der Waals surface area (Å²) in [4.78, 5) is 0. The van der Waals surface area contributed by atoms with E-state index in [-0.39, 0.29) is 0 Å². The molecule has 1 aromatic carbocycles. The number of rotatable bonds is 0. The minimum atomic E-state index is 0.579. The standard InChI is InChI=1S/C10H8N2S/c1-6-7-2-3-13-10(7)4-9(12)8(6)5-11/h2-4H,12H2,1H3. The van der Waals surface area contributed by atoms with Crippen LogP contribution in [0.2, 0.25) is 0 Å². The molecule has 2 rings (SSSR count). The van der Waals surface area contributed by atoms with Crippen LogP contribution in [0.5, 0.6) is 0 Å². The molecule has 1 heterocycles. The third kappa shape index (κ3) is 1.07. The number of nitrogens with zero attached hydrogens (tertiary/aromatic N) is 1. The minimum absolute atomic E-state index is 0.579. The topological polar surface area (TPSA) is 49.8 Å². The van der Waals surface area contributed by atoms with E-state index in [1.807, 2.05) is 24.4 Å². The Morgan fingerprint density at radius 2 is 2.31 bits per heavy atom. The third-order valence-electron chi connectivity index (χ3n) is 2.16. The van der Waals surface area contributed by atoms with Crippen molar-refractivity contribution in [2.45, 2.75) is 6.92 Å². The molecule has 0 bridgehead atoms. The Labute approximate surface area is 80.2 Å². The molecule has 0 spiro atoms. The van der Waals surface area contributed by atoms with Gasteiger partial charge in [0.2, 0.25) is 0 Å². The average molecular weight is 188 g/mol. The second-order valence-electron chi connectivity index (χ2n) is 2.91. The molecule has 0 atom stereocenters. The van der Waals surface area contributed by atoms with Crippen LogP contribution in [0, 0.1) is 18.3 Å². The van der Waals surface area contributed by atoms with Crippen molar-refractivity contribution < 1.29 is 0 Å². The van der Waals surface area contributed by atoms with Crippen LogP contribution in [0.4, 0.5) is 5.69 Å². The monoisotopic (exact) mass is 188 g/mol. The van der Waals surface area contributed by atoms with Crippen LogP contribution >= 0.6 is 11.3 Å². The van der Waals surface area contributed by atoms with Crippen molar-refractivity contribution >= 4 is 27.1 Å². The Hall–Kier alpha value is -1.53. The van der Waals surface area contributed by atoms with Crippen LogP contribution in [0.25, 0.3) is 10.1 Å². The first-order valence-electron chi connectivity index (χ1n) is 3.90. The number of nitrogen functional groups attached to an aromatic ring is 1. The van der Waals surface area contributed by atoms with Gasteiger partial charge in [-0.2, -0.15) is 5.26 Å². The summed E-state index contributed by atoms with van der Waals surface area (Å²) in [5.74, 6) is 0. The zero-order chi connectivity index (χ0) is 9.42. The van der Waals surface area contributed by atoms with Gasteiger partial charge in [0.25, 0.3) is 0 Å². The molecule has 2 N–H and O–H groups in total. The molecule has 0 unspecified atom stereocenters. The highest BCUT2D eigenvalue weighted by atomic mass is 32.1. The Bertz CT molecular complexity index is 505. The Morgan fingerprint density at radius 1 is 1.54 bits per heavy atom. The SMILES string of the molecule is Cc1c(C#N)c(N)cc2sccc12. The van der Waals surface area contributed by atoms with Gasteiger partial charge in [-0.15, -0.1) is 11.3 Å². The predicted octanol–water partition coefficient (Wildman–Crippen LogP) is 2.66. The van der Waals surface area contributed by atoms with Crippen molar-refractivity contribution in [2.24, 2.45) is 0 Å². The third-order valence-corrected chi connectivity index (χ3v) is 3.03. The van der Waals surface area contributed by atoms with E-state index in [0.29, 0.717) is 11.3 Å². The normalized spacial score (nSPS) is 10.2. The van der Waals surface area contributed by atoms with Gasteiger partial charge in [0.15, 0.2) is 0 Å². The quantitative estimate of drug-likeness (QED) is 0.646. The van der Waals surface area contributed by atoms with Crippen molar-refractivity contribution in [2.75, 3.05) is 5.73 Å². The van der Waals surface area contributed by atoms with Gasteiger partial charge in [0, 0.05) is 4.70 Å². The maximum absolute atomic E-state index is 8.87. The van der Waals surface area contributed by atoms with Gasteiger partial charge in [-0.3, -0.25) is 0 Å². The van der Waals surface area contributed by atoms with Crippen molar-refractivity contribution in [1.82, 2.24) is 0 Å². The fourth-order valence-corrected chi connectivity index (χ4v) is 2.35. The van der Waals surface area contributed by atoms with Gasteiger partial charge < -0.3 is 5.73 Å². The van der Waals surface area contributed by atoms with Gasteiger partial charge >= 0.3 is 0 Å². The molecule has 64 valence electrons. The second-order valence-corrected chi connectivity index (χ2v) is 3.86. The summed E-state index contributed by atoms with van der Waals surface area (Å²) in [6.07, 6.45) is 0. The van der Waals surface area contributed by atoms with Crippen molar-refractivity contribution in [3.05, 3.63) is 28.6 Å². The summed E-state index contributed by atoms with van der Waals surface area (Å²) in [6, 6.07) is 6.02. The number of benzene rings is 1. The van der Waals surface area contributed by atoms with E-state index in [1.165, 1.54) is 0 Å². The van der Waals surface area contributed by atoms with E-state index in [4.69, 9.17) is 11.0 Å². The van der Waals surface area contributed by atoms with Gasteiger partial charge in [-0.1, -0.05) is 0 Å². The molecule has 0 saturated heterocycles. The predicted molar refractivity (Wildman–Crippen MR) is 55.7 cm³/mol. The Kier molecular flexibility index (Phi) is 1.71. The molecule has 2 nitrogen and oxygen atoms in total. The molecular weight excluding hydrogens is 180 g/mol. The van der Waals surface area contributed by atoms with E-state index >= 15 is 0 Å². The minimum Gasteiger partial charge on any atom is -0.398 e. The van der Waals surface area contributed by atoms with Crippen molar-refractivity contribution in [3.8, 4) is 6.07 Å². The maximum atomic E-state index is 8.87. The number of thiophene rings is 1. The molecule has 0 aliphatic heterocycles. The van der Waals surface area contributed by atoms with Crippen LogP contribution in [0.1, 0.15) is 11.1 Å². The molecule has 1 aromatic heterocycles. The maximum Gasteiger partial charge on any atom is 0.102 e. The van der Waals surface area contributed by atoms with E-state index in [1.54, 1.807) is 11.3 Å². The Morgan fingerprint density at radius 3 is 3.00 bits per heavy atom. The highest BCUT2D eigenvalue weighted by molar-refractivity contribution is 7.17. The lowest BCUT2D eigenvalue weighted by atomic mass is 10.0. The van der Waals surface area contributed by atoms with Gasteiger partial charge in [0.1, 0.15) is 6.07 Å². The van der Waals surface area contributed by atoms with Crippen LogP contribution < -0.4 is 5.73 Å². The lowest BCUT2D eigenvalue weighted by Crippen LogP contribution is -1.92. The highest BCUT2D eigenvalue weighted by Crippen LogP contribution is 2.30. The van der Waals surface area contributed by atoms with Crippen LogP contribution in [0.15, 0.2) is 17.5 Å². The van der Waals surface area contributed by atoms with Crippen LogP contribution in [-0.2, 0) is 0 Å². The first kappa shape index (κ1) is 8.09. The molecule has 2 aromatic rings. The smallest absolute Gasteiger partial charge is 0.102 e. The molecule has 3 heteroatoms. The first-order valence-corrected chi connectivity index (χ1v) is 4.78. The number of hydrogen-bond acceptors (Lipinski definition) is 3. The fraction of sp³-hybridized carbons (Fsp3) is 0.100. The van der Waals surface area contributed by atoms with Crippen molar-refractivity contribution in [3.63, 3.8) is 0 Å². The van der Waals surface area contributed by atoms with E-state index in [2.05, 4.69) is 6.07 Å². The van der Waals surface area contributed by atoms with Gasteiger partial charge in [-0.25, -0.2) is 0 Å². The molecule has 0 fully saturated rings. The lowest BCUT2D eigenvalue weighted by molar-refractivity contribution is 1.43. The average Bonchev–Trinajstić information content (AvgIpc) is 2.53. The largest absolute Gasteiger partial charge is 0.398 e. The number of hydrogen-bond donors (Lipinski definition) is 1. The van der Waals surface area contributed by atoms with Crippen LogP contribution in [0.3, 0.4) is 0 Å². The number of nitriles is 1. The van der Waals surface area contributed by atoms with Gasteiger partial charge in [0.05, 0.1) is 11.3 Å². The number of anilines is 1. The highest BCUT2D eigenvalue weighted by Gasteiger charge is 2.07. The van der Waals surface area contributed by atoms with Crippen molar-refractivity contribution in [1.29, 1.82) is 5.26 Å². The Balaban J connectivity index is 2.95. The summed E-state index contributed by atoms with van der Waals surface area (Å²) < 4.78 is 1.15. The zero-order valence-corrected chi connectivity index (χ0v) is 7.98. The molecule has 0 aliphatic rings. The van der Waals surface area contributed by atoms with Gasteiger partial charge in [-0.05, 0) is 35.4 Å². The lowest BCUT2D eigenvalue weighted by Gasteiger charge is -2.02. The second kappa shape index (κ2) is 2.75. The summed E-state index contributed by atoms with van der Waals surface area (Å²) in [7, 11) is 0. The summed E-state index contributed by atoms with van der Waals surface area (Å²) in [5.41, 5.74) is 7.91.